The maximum absolute atomic E-state index is 12.5. The first-order valence-corrected chi connectivity index (χ1v) is 8.18. The zero-order valence-electron chi connectivity index (χ0n) is 14.2. The molecule has 0 bridgehead atoms. The van der Waals surface area contributed by atoms with Crippen molar-refractivity contribution in [3.05, 3.63) is 30.4 Å². The monoisotopic (exact) mass is 330 g/mol. The van der Waals surface area contributed by atoms with Crippen molar-refractivity contribution < 1.29 is 14.1 Å². The number of hydrogen-bond acceptors (Lipinski definition) is 6. The molecule has 1 aliphatic rings. The van der Waals surface area contributed by atoms with Gasteiger partial charge in [-0.3, -0.25) is 9.88 Å². The lowest BCUT2D eigenvalue weighted by atomic mass is 10.0. The molecule has 7 nitrogen and oxygen atoms in total. The van der Waals surface area contributed by atoms with Gasteiger partial charge >= 0.3 is 6.09 Å². The van der Waals surface area contributed by atoms with Gasteiger partial charge in [0.2, 0.25) is 0 Å². The van der Waals surface area contributed by atoms with Gasteiger partial charge in [0, 0.05) is 24.5 Å². The molecule has 0 aliphatic carbocycles. The van der Waals surface area contributed by atoms with Crippen LogP contribution in [0.3, 0.4) is 0 Å². The summed E-state index contributed by atoms with van der Waals surface area (Å²) in [6.07, 6.45) is 5.78. The predicted octanol–water partition coefficient (Wildman–Crippen LogP) is 3.59. The number of rotatable bonds is 2. The number of carbonyl (C=O) groups excluding carboxylic acids is 1. The molecule has 0 saturated carbocycles. The quantitative estimate of drug-likeness (QED) is 0.837. The van der Waals surface area contributed by atoms with Crippen molar-refractivity contribution in [2.45, 2.75) is 51.7 Å². The third kappa shape index (κ3) is 3.72. The van der Waals surface area contributed by atoms with Crippen LogP contribution in [0.5, 0.6) is 0 Å². The predicted molar refractivity (Wildman–Crippen MR) is 87.1 cm³/mol. The molecule has 3 heterocycles. The molecule has 1 unspecified atom stereocenters. The van der Waals surface area contributed by atoms with Crippen LogP contribution in [0.1, 0.15) is 51.9 Å². The molecule has 1 aliphatic heterocycles. The third-order valence-corrected chi connectivity index (χ3v) is 3.80. The fraction of sp³-hybridized carbons (Fsp3) is 0.529. The average Bonchev–Trinajstić information content (AvgIpc) is 3.04. The summed E-state index contributed by atoms with van der Waals surface area (Å²) in [5, 5.41) is 4.09. The summed E-state index contributed by atoms with van der Waals surface area (Å²) in [5.74, 6) is 0.953. The van der Waals surface area contributed by atoms with Gasteiger partial charge in [0.25, 0.3) is 5.89 Å². The van der Waals surface area contributed by atoms with Crippen LogP contribution in [0.15, 0.2) is 29.0 Å². The maximum Gasteiger partial charge on any atom is 0.410 e. The highest BCUT2D eigenvalue weighted by molar-refractivity contribution is 5.69. The Morgan fingerprint density at radius 2 is 2.04 bits per heavy atom. The van der Waals surface area contributed by atoms with Gasteiger partial charge in [0.15, 0.2) is 5.82 Å². The Morgan fingerprint density at radius 1 is 1.29 bits per heavy atom. The Bertz CT molecular complexity index is 693. The van der Waals surface area contributed by atoms with Gasteiger partial charge < -0.3 is 9.26 Å². The summed E-state index contributed by atoms with van der Waals surface area (Å²) in [5.41, 5.74) is 0.279. The van der Waals surface area contributed by atoms with E-state index in [0.717, 1.165) is 24.8 Å². The van der Waals surface area contributed by atoms with E-state index in [2.05, 4.69) is 15.1 Å². The number of piperidine rings is 1. The molecule has 7 heteroatoms. The Hall–Kier alpha value is -2.44. The van der Waals surface area contributed by atoms with Crippen LogP contribution >= 0.6 is 0 Å². The number of nitrogens with zero attached hydrogens (tertiary/aromatic N) is 4. The Labute approximate surface area is 141 Å². The van der Waals surface area contributed by atoms with E-state index in [1.165, 1.54) is 0 Å². The van der Waals surface area contributed by atoms with E-state index in [0.29, 0.717) is 18.3 Å². The second-order valence-corrected chi connectivity index (χ2v) is 6.88. The highest BCUT2D eigenvalue weighted by Gasteiger charge is 2.34. The molecule has 1 fully saturated rings. The molecule has 0 N–H and O–H groups in total. The molecule has 0 spiro atoms. The first-order valence-electron chi connectivity index (χ1n) is 8.18. The summed E-state index contributed by atoms with van der Waals surface area (Å²) in [7, 11) is 0. The van der Waals surface area contributed by atoms with Gasteiger partial charge in [-0.25, -0.2) is 4.79 Å². The van der Waals surface area contributed by atoms with E-state index in [1.807, 2.05) is 32.9 Å². The van der Waals surface area contributed by atoms with Crippen molar-refractivity contribution in [1.82, 2.24) is 20.0 Å². The van der Waals surface area contributed by atoms with Crippen molar-refractivity contribution in [3.8, 4) is 11.5 Å². The smallest absolute Gasteiger partial charge is 0.410 e. The van der Waals surface area contributed by atoms with E-state index in [9.17, 15) is 4.79 Å². The van der Waals surface area contributed by atoms with Crippen molar-refractivity contribution in [2.75, 3.05) is 6.54 Å². The highest BCUT2D eigenvalue weighted by Crippen LogP contribution is 2.31. The molecule has 0 aromatic carbocycles. The summed E-state index contributed by atoms with van der Waals surface area (Å²) in [6, 6.07) is 3.40. The number of amides is 1. The van der Waals surface area contributed by atoms with Crippen LogP contribution in [0.4, 0.5) is 4.79 Å². The lowest BCUT2D eigenvalue weighted by molar-refractivity contribution is 0.00821. The highest BCUT2D eigenvalue weighted by atomic mass is 16.6. The largest absolute Gasteiger partial charge is 0.444 e. The molecule has 1 atom stereocenters. The van der Waals surface area contributed by atoms with E-state index in [4.69, 9.17) is 9.26 Å². The standard InChI is InChI=1S/C17H22N4O3/c1-17(2,3)23-16(22)21-11-5-4-6-13(21)14-19-15(24-20-14)12-7-9-18-10-8-12/h7-10,13H,4-6,11H2,1-3H3. The molecule has 1 amide bonds. The van der Waals surface area contributed by atoms with E-state index < -0.39 is 5.60 Å². The van der Waals surface area contributed by atoms with Gasteiger partial charge in [-0.15, -0.1) is 0 Å². The number of carbonyl (C=O) groups is 1. The van der Waals surface area contributed by atoms with Crippen LogP contribution in [-0.2, 0) is 4.74 Å². The number of pyridine rings is 1. The Kier molecular flexibility index (Phi) is 4.51. The van der Waals surface area contributed by atoms with Crippen LogP contribution in [0.25, 0.3) is 11.5 Å². The van der Waals surface area contributed by atoms with Gasteiger partial charge in [0.1, 0.15) is 5.60 Å². The van der Waals surface area contributed by atoms with Gasteiger partial charge in [-0.05, 0) is 52.2 Å². The van der Waals surface area contributed by atoms with E-state index in [1.54, 1.807) is 17.3 Å². The molecular formula is C17H22N4O3. The molecule has 0 radical (unpaired) electrons. The van der Waals surface area contributed by atoms with Crippen molar-refractivity contribution in [1.29, 1.82) is 0 Å². The SMILES string of the molecule is CC(C)(C)OC(=O)N1CCCCC1c1noc(-c2ccncc2)n1. The Morgan fingerprint density at radius 3 is 2.75 bits per heavy atom. The van der Waals surface area contributed by atoms with Gasteiger partial charge in [-0.2, -0.15) is 4.98 Å². The first-order chi connectivity index (χ1) is 11.4. The van der Waals surface area contributed by atoms with Crippen LogP contribution < -0.4 is 0 Å². The normalized spacial score (nSPS) is 18.5. The fourth-order valence-corrected chi connectivity index (χ4v) is 2.72. The number of ether oxygens (including phenoxy) is 1. The van der Waals surface area contributed by atoms with E-state index >= 15 is 0 Å². The molecule has 24 heavy (non-hydrogen) atoms. The molecule has 1 saturated heterocycles. The minimum absolute atomic E-state index is 0.215. The second kappa shape index (κ2) is 6.59. The third-order valence-electron chi connectivity index (χ3n) is 3.80. The number of likely N-dealkylation sites (tertiary alicyclic amines) is 1. The molecule has 3 rings (SSSR count). The van der Waals surface area contributed by atoms with Crippen LogP contribution in [-0.4, -0.2) is 38.3 Å². The van der Waals surface area contributed by atoms with Crippen LogP contribution in [0, 0.1) is 0 Å². The lowest BCUT2D eigenvalue weighted by Crippen LogP contribution is -2.42. The van der Waals surface area contributed by atoms with E-state index in [-0.39, 0.29) is 12.1 Å². The molecule has 2 aromatic heterocycles. The van der Waals surface area contributed by atoms with Gasteiger partial charge in [0.05, 0.1) is 6.04 Å². The zero-order chi connectivity index (χ0) is 17.2. The van der Waals surface area contributed by atoms with Crippen LogP contribution in [0.2, 0.25) is 0 Å². The van der Waals surface area contributed by atoms with Crippen molar-refractivity contribution in [3.63, 3.8) is 0 Å². The summed E-state index contributed by atoms with van der Waals surface area (Å²) < 4.78 is 10.9. The number of aromatic nitrogens is 3. The molecular weight excluding hydrogens is 308 g/mol. The second-order valence-electron chi connectivity index (χ2n) is 6.88. The number of hydrogen-bond donors (Lipinski definition) is 0. The molecule has 128 valence electrons. The van der Waals surface area contributed by atoms with Crippen molar-refractivity contribution in [2.24, 2.45) is 0 Å². The molecule has 2 aromatic rings. The summed E-state index contributed by atoms with van der Waals surface area (Å²) in [4.78, 5) is 22.6. The summed E-state index contributed by atoms with van der Waals surface area (Å²) in [6.45, 7) is 6.22. The fourth-order valence-electron chi connectivity index (χ4n) is 2.72. The average molecular weight is 330 g/mol. The lowest BCUT2D eigenvalue weighted by Gasteiger charge is -2.35. The zero-order valence-corrected chi connectivity index (χ0v) is 14.2. The van der Waals surface area contributed by atoms with Gasteiger partial charge in [-0.1, -0.05) is 5.16 Å². The Balaban J connectivity index is 1.81. The minimum atomic E-state index is -0.529. The topological polar surface area (TPSA) is 81.4 Å². The first kappa shape index (κ1) is 16.4. The van der Waals surface area contributed by atoms with Crippen molar-refractivity contribution >= 4 is 6.09 Å². The minimum Gasteiger partial charge on any atom is -0.444 e. The maximum atomic E-state index is 12.5. The summed E-state index contributed by atoms with van der Waals surface area (Å²) >= 11 is 0.